The Kier molecular flexibility index (Phi) is 5.27. The Morgan fingerprint density at radius 3 is 2.00 bits per heavy atom. The van der Waals surface area contributed by atoms with Gasteiger partial charge in [-0.2, -0.15) is 0 Å². The molecule has 2 heterocycles. The summed E-state index contributed by atoms with van der Waals surface area (Å²) in [7, 11) is 1.68. The largest absolute Gasteiger partial charge is 0.497 e. The third-order valence-corrected chi connectivity index (χ3v) is 5.97. The van der Waals surface area contributed by atoms with Gasteiger partial charge in [0.05, 0.1) is 25.6 Å². The molecule has 0 saturated carbocycles. The number of hydrogen-bond donors (Lipinski definition) is 0. The van der Waals surface area contributed by atoms with E-state index in [1.165, 1.54) is 10.5 Å². The zero-order chi connectivity index (χ0) is 18.8. The predicted molar refractivity (Wildman–Crippen MR) is 102 cm³/mol. The van der Waals surface area contributed by atoms with Gasteiger partial charge >= 0.3 is 0 Å². The highest BCUT2D eigenvalue weighted by atomic mass is 16.5. The summed E-state index contributed by atoms with van der Waals surface area (Å²) in [4.78, 5) is 31.4. The summed E-state index contributed by atoms with van der Waals surface area (Å²) in [6, 6.07) is 8.18. The second-order valence-corrected chi connectivity index (χ2v) is 7.64. The summed E-state index contributed by atoms with van der Waals surface area (Å²) >= 11 is 0. The summed E-state index contributed by atoms with van der Waals surface area (Å²) in [5.41, 5.74) is 1.27. The number of fused-ring (bicyclic) bond motifs is 1. The Hall–Kier alpha value is -2.18. The van der Waals surface area contributed by atoms with E-state index in [-0.39, 0.29) is 23.7 Å². The van der Waals surface area contributed by atoms with Gasteiger partial charge in [-0.25, -0.2) is 0 Å². The summed E-state index contributed by atoms with van der Waals surface area (Å²) in [5.74, 6) is 0.669. The molecular weight excluding hydrogens is 342 g/mol. The Balaban J connectivity index is 1.28. The van der Waals surface area contributed by atoms with Crippen LogP contribution in [-0.4, -0.2) is 66.5 Å². The van der Waals surface area contributed by atoms with Crippen molar-refractivity contribution in [3.63, 3.8) is 0 Å². The molecule has 2 unspecified atom stereocenters. The highest BCUT2D eigenvalue weighted by Crippen LogP contribution is 2.35. The topological polar surface area (TPSA) is 53.1 Å². The lowest BCUT2D eigenvalue weighted by atomic mass is 9.85. The number of ether oxygens (including phenoxy) is 1. The van der Waals surface area contributed by atoms with E-state index in [1.807, 2.05) is 24.3 Å². The van der Waals surface area contributed by atoms with Crippen LogP contribution in [0.4, 0.5) is 0 Å². The van der Waals surface area contributed by atoms with Crippen molar-refractivity contribution >= 4 is 11.8 Å². The minimum absolute atomic E-state index is 0.0232. The first kappa shape index (κ1) is 18.2. The average Bonchev–Trinajstić information content (AvgIpc) is 2.95. The third kappa shape index (κ3) is 3.77. The van der Waals surface area contributed by atoms with E-state index in [0.29, 0.717) is 19.5 Å². The molecule has 0 spiro atoms. The Labute approximate surface area is 160 Å². The second-order valence-electron chi connectivity index (χ2n) is 7.64. The van der Waals surface area contributed by atoms with E-state index in [4.69, 9.17) is 4.74 Å². The van der Waals surface area contributed by atoms with Gasteiger partial charge in [-0.15, -0.1) is 0 Å². The zero-order valence-corrected chi connectivity index (χ0v) is 15.8. The lowest BCUT2D eigenvalue weighted by Gasteiger charge is -2.36. The van der Waals surface area contributed by atoms with Crippen LogP contribution in [0.25, 0.3) is 0 Å². The van der Waals surface area contributed by atoms with Crippen molar-refractivity contribution in [1.82, 2.24) is 14.7 Å². The number of hydrogen-bond acceptors (Lipinski definition) is 5. The first-order valence-corrected chi connectivity index (χ1v) is 9.73. The molecule has 2 aliphatic heterocycles. The number of benzene rings is 1. The van der Waals surface area contributed by atoms with Gasteiger partial charge in [-0.1, -0.05) is 24.3 Å². The van der Waals surface area contributed by atoms with Gasteiger partial charge in [0.15, 0.2) is 0 Å². The maximum absolute atomic E-state index is 12.6. The number of carbonyl (C=O) groups excluding carboxylic acids is 2. The lowest BCUT2D eigenvalue weighted by Crippen LogP contribution is -2.51. The van der Waals surface area contributed by atoms with Crippen LogP contribution >= 0.6 is 0 Å². The van der Waals surface area contributed by atoms with Gasteiger partial charge in [0.2, 0.25) is 11.8 Å². The monoisotopic (exact) mass is 369 g/mol. The number of likely N-dealkylation sites (tertiary alicyclic amines) is 1. The van der Waals surface area contributed by atoms with Crippen LogP contribution in [-0.2, 0) is 16.1 Å². The fourth-order valence-electron chi connectivity index (χ4n) is 4.29. The number of methoxy groups -OCH3 is 1. The van der Waals surface area contributed by atoms with Crippen molar-refractivity contribution < 1.29 is 14.3 Å². The summed E-state index contributed by atoms with van der Waals surface area (Å²) < 4.78 is 5.21. The number of nitrogens with zero attached hydrogens (tertiary/aromatic N) is 3. The third-order valence-electron chi connectivity index (χ3n) is 5.97. The van der Waals surface area contributed by atoms with Gasteiger partial charge in [0.25, 0.3) is 0 Å². The fraction of sp³-hybridized carbons (Fsp3) is 0.524. The van der Waals surface area contributed by atoms with Gasteiger partial charge < -0.3 is 4.74 Å². The molecule has 4 rings (SSSR count). The zero-order valence-electron chi connectivity index (χ0n) is 15.8. The standard InChI is InChI=1S/C21H27N3O3/c1-27-17-8-6-16(7-9-17)14-22-10-12-23(13-11-22)15-24-20(25)18-4-2-3-5-19(18)21(24)26/h2-3,6-9,18-19H,4-5,10-15H2,1H3. The van der Waals surface area contributed by atoms with Crippen LogP contribution in [0.1, 0.15) is 18.4 Å². The van der Waals surface area contributed by atoms with Crippen LogP contribution in [0.2, 0.25) is 0 Å². The van der Waals surface area contributed by atoms with E-state index in [0.717, 1.165) is 38.5 Å². The second kappa shape index (κ2) is 7.82. The van der Waals surface area contributed by atoms with E-state index in [9.17, 15) is 9.59 Å². The van der Waals surface area contributed by atoms with Crippen molar-refractivity contribution in [3.05, 3.63) is 42.0 Å². The molecule has 2 amide bonds. The molecular formula is C21H27N3O3. The number of carbonyl (C=O) groups is 2. The van der Waals surface area contributed by atoms with Crippen molar-refractivity contribution in [2.24, 2.45) is 11.8 Å². The Morgan fingerprint density at radius 2 is 1.44 bits per heavy atom. The van der Waals surface area contributed by atoms with Crippen molar-refractivity contribution in [3.8, 4) is 5.75 Å². The molecule has 0 aromatic heterocycles. The highest BCUT2D eigenvalue weighted by molar-refractivity contribution is 6.05. The van der Waals surface area contributed by atoms with E-state index >= 15 is 0 Å². The van der Waals surface area contributed by atoms with Gasteiger partial charge in [-0.05, 0) is 30.5 Å². The van der Waals surface area contributed by atoms with Crippen LogP contribution in [0.3, 0.4) is 0 Å². The van der Waals surface area contributed by atoms with Crippen LogP contribution < -0.4 is 4.74 Å². The molecule has 0 N–H and O–H groups in total. The van der Waals surface area contributed by atoms with Crippen molar-refractivity contribution in [2.45, 2.75) is 19.4 Å². The molecule has 2 saturated heterocycles. The van der Waals surface area contributed by atoms with E-state index in [1.54, 1.807) is 7.11 Å². The Bertz CT molecular complexity index is 697. The smallest absolute Gasteiger partial charge is 0.234 e. The fourth-order valence-corrected chi connectivity index (χ4v) is 4.29. The maximum atomic E-state index is 12.6. The molecule has 1 aromatic rings. The molecule has 6 nitrogen and oxygen atoms in total. The molecule has 27 heavy (non-hydrogen) atoms. The number of rotatable bonds is 5. The van der Waals surface area contributed by atoms with E-state index in [2.05, 4.69) is 21.9 Å². The SMILES string of the molecule is COc1ccc(CN2CCN(CN3C(=O)C4CC=CCC4C3=O)CC2)cc1. The molecule has 6 heteroatoms. The van der Waals surface area contributed by atoms with Gasteiger partial charge in [0, 0.05) is 32.7 Å². The van der Waals surface area contributed by atoms with Crippen LogP contribution in [0, 0.1) is 11.8 Å². The molecule has 2 atom stereocenters. The summed E-state index contributed by atoms with van der Waals surface area (Å²) in [6.07, 6.45) is 5.49. The summed E-state index contributed by atoms with van der Waals surface area (Å²) in [6.45, 7) is 4.99. The van der Waals surface area contributed by atoms with Crippen molar-refractivity contribution in [1.29, 1.82) is 0 Å². The molecule has 3 aliphatic rings. The maximum Gasteiger partial charge on any atom is 0.234 e. The molecule has 0 radical (unpaired) electrons. The number of imide groups is 1. The van der Waals surface area contributed by atoms with Crippen LogP contribution in [0.5, 0.6) is 5.75 Å². The molecule has 144 valence electrons. The molecule has 2 fully saturated rings. The number of amides is 2. The predicted octanol–water partition coefficient (Wildman–Crippen LogP) is 1.72. The van der Waals surface area contributed by atoms with Gasteiger partial charge in [-0.3, -0.25) is 24.3 Å². The molecule has 1 aromatic carbocycles. The molecule has 1 aliphatic carbocycles. The highest BCUT2D eigenvalue weighted by Gasteiger charge is 2.47. The van der Waals surface area contributed by atoms with E-state index < -0.39 is 0 Å². The normalized spacial score (nSPS) is 26.5. The van der Waals surface area contributed by atoms with Crippen LogP contribution in [0.15, 0.2) is 36.4 Å². The first-order chi connectivity index (χ1) is 13.2. The lowest BCUT2D eigenvalue weighted by molar-refractivity contribution is -0.142. The van der Waals surface area contributed by atoms with Gasteiger partial charge in [0.1, 0.15) is 5.75 Å². The molecule has 0 bridgehead atoms. The number of piperazine rings is 1. The number of allylic oxidation sites excluding steroid dienone is 2. The Morgan fingerprint density at radius 1 is 0.889 bits per heavy atom. The average molecular weight is 369 g/mol. The minimum Gasteiger partial charge on any atom is -0.497 e. The van der Waals surface area contributed by atoms with Crippen molar-refractivity contribution in [2.75, 3.05) is 40.0 Å². The quantitative estimate of drug-likeness (QED) is 0.584. The first-order valence-electron chi connectivity index (χ1n) is 9.73. The summed E-state index contributed by atoms with van der Waals surface area (Å²) in [5, 5.41) is 0. The minimum atomic E-state index is -0.126.